The molecule has 0 bridgehead atoms. The van der Waals surface area contributed by atoms with Crippen LogP contribution in [0.1, 0.15) is 18.4 Å². The van der Waals surface area contributed by atoms with Crippen molar-refractivity contribution in [2.45, 2.75) is 25.8 Å². The Hall–Kier alpha value is -1.40. The fourth-order valence-corrected chi connectivity index (χ4v) is 2.24. The molecule has 110 valence electrons. The first-order chi connectivity index (χ1) is 9.81. The summed E-state index contributed by atoms with van der Waals surface area (Å²) in [5, 5.41) is 6.75. The Morgan fingerprint density at radius 1 is 1.35 bits per heavy atom. The molecular weight excluding hydrogens is 254 g/mol. The van der Waals surface area contributed by atoms with E-state index in [0.717, 1.165) is 50.8 Å². The second-order valence-electron chi connectivity index (χ2n) is 5.52. The van der Waals surface area contributed by atoms with Crippen LogP contribution in [-0.2, 0) is 4.74 Å². The molecule has 1 aromatic rings. The van der Waals surface area contributed by atoms with E-state index < -0.39 is 0 Å². The number of ether oxygens (including phenoxy) is 1. The van der Waals surface area contributed by atoms with Crippen LogP contribution in [0, 0.1) is 6.92 Å². The van der Waals surface area contributed by atoms with Crippen LogP contribution in [0.5, 0.6) is 0 Å². The van der Waals surface area contributed by atoms with Gasteiger partial charge in [-0.1, -0.05) is 0 Å². The van der Waals surface area contributed by atoms with Gasteiger partial charge in [0.25, 0.3) is 0 Å². The van der Waals surface area contributed by atoms with Gasteiger partial charge in [-0.2, -0.15) is 4.98 Å². The highest BCUT2D eigenvalue weighted by molar-refractivity contribution is 5.47. The third-order valence-corrected chi connectivity index (χ3v) is 3.70. The number of nitrogens with zero attached hydrogens (tertiary/aromatic N) is 3. The number of rotatable bonds is 6. The number of nitrogens with one attached hydrogen (secondary N) is 2. The Morgan fingerprint density at radius 3 is 2.90 bits per heavy atom. The van der Waals surface area contributed by atoms with Gasteiger partial charge >= 0.3 is 0 Å². The van der Waals surface area contributed by atoms with Gasteiger partial charge in [-0.15, -0.1) is 0 Å². The number of anilines is 2. The highest BCUT2D eigenvalue weighted by atomic mass is 16.5. The first kappa shape index (κ1) is 13.6. The van der Waals surface area contributed by atoms with E-state index in [1.807, 2.05) is 13.1 Å². The average molecular weight is 277 g/mol. The molecule has 0 aromatic carbocycles. The van der Waals surface area contributed by atoms with E-state index >= 15 is 0 Å². The van der Waals surface area contributed by atoms with E-state index in [1.54, 1.807) is 0 Å². The Bertz CT molecular complexity index is 443. The van der Waals surface area contributed by atoms with Crippen molar-refractivity contribution in [2.24, 2.45) is 0 Å². The summed E-state index contributed by atoms with van der Waals surface area (Å²) in [6, 6.07) is 0.616. The molecule has 1 saturated heterocycles. The van der Waals surface area contributed by atoms with Crippen molar-refractivity contribution < 1.29 is 4.74 Å². The summed E-state index contributed by atoms with van der Waals surface area (Å²) in [5.74, 6) is 1.68. The minimum absolute atomic E-state index is 0.616. The van der Waals surface area contributed by atoms with Gasteiger partial charge in [0.15, 0.2) is 0 Å². The molecule has 0 radical (unpaired) electrons. The smallest absolute Gasteiger partial charge is 0.224 e. The Labute approximate surface area is 119 Å². The van der Waals surface area contributed by atoms with Crippen LogP contribution in [0.4, 0.5) is 11.8 Å². The molecule has 0 atom stereocenters. The lowest BCUT2D eigenvalue weighted by atomic mass is 10.3. The largest absolute Gasteiger partial charge is 0.379 e. The summed E-state index contributed by atoms with van der Waals surface area (Å²) in [7, 11) is 0. The van der Waals surface area contributed by atoms with Crippen LogP contribution in [-0.4, -0.2) is 60.3 Å². The fourth-order valence-electron chi connectivity index (χ4n) is 2.24. The fraction of sp³-hybridized carbons (Fsp3) is 0.714. The molecule has 2 N–H and O–H groups in total. The molecule has 1 saturated carbocycles. The van der Waals surface area contributed by atoms with Gasteiger partial charge in [-0.05, 0) is 19.8 Å². The van der Waals surface area contributed by atoms with Crippen molar-refractivity contribution in [2.75, 3.05) is 50.0 Å². The second-order valence-corrected chi connectivity index (χ2v) is 5.52. The molecular formula is C14H23N5O. The molecule has 2 heterocycles. The molecule has 0 unspecified atom stereocenters. The molecule has 0 amide bonds. The van der Waals surface area contributed by atoms with E-state index in [9.17, 15) is 0 Å². The minimum atomic E-state index is 0.616. The zero-order valence-electron chi connectivity index (χ0n) is 12.1. The predicted molar refractivity (Wildman–Crippen MR) is 79.2 cm³/mol. The Balaban J connectivity index is 1.48. The molecule has 6 nitrogen and oxygen atoms in total. The highest BCUT2D eigenvalue weighted by Crippen LogP contribution is 2.25. The maximum absolute atomic E-state index is 5.34. The van der Waals surface area contributed by atoms with E-state index in [0.29, 0.717) is 12.0 Å². The Kier molecular flexibility index (Phi) is 4.32. The minimum Gasteiger partial charge on any atom is -0.379 e. The van der Waals surface area contributed by atoms with Gasteiger partial charge in [-0.25, -0.2) is 4.98 Å². The normalized spacial score (nSPS) is 19.9. The zero-order valence-corrected chi connectivity index (χ0v) is 12.1. The lowest BCUT2D eigenvalue weighted by molar-refractivity contribution is 0.0398. The molecule has 6 heteroatoms. The number of hydrogen-bond donors (Lipinski definition) is 2. The lowest BCUT2D eigenvalue weighted by Gasteiger charge is -2.26. The zero-order chi connectivity index (χ0) is 13.8. The van der Waals surface area contributed by atoms with Gasteiger partial charge in [0.2, 0.25) is 5.95 Å². The SMILES string of the molecule is Cc1cnc(NCCN2CCOCC2)nc1NC1CC1. The average Bonchev–Trinajstić information content (AvgIpc) is 3.28. The second kappa shape index (κ2) is 6.37. The molecule has 20 heavy (non-hydrogen) atoms. The van der Waals surface area contributed by atoms with Gasteiger partial charge in [0, 0.05) is 44.0 Å². The number of morpholine rings is 1. The summed E-state index contributed by atoms with van der Waals surface area (Å²) >= 11 is 0. The Morgan fingerprint density at radius 2 is 2.15 bits per heavy atom. The molecule has 0 spiro atoms. The first-order valence-electron chi connectivity index (χ1n) is 7.45. The van der Waals surface area contributed by atoms with Crippen molar-refractivity contribution in [3.8, 4) is 0 Å². The third kappa shape index (κ3) is 3.80. The topological polar surface area (TPSA) is 62.3 Å². The van der Waals surface area contributed by atoms with Crippen molar-refractivity contribution in [1.29, 1.82) is 0 Å². The molecule has 2 aliphatic rings. The van der Waals surface area contributed by atoms with Crippen molar-refractivity contribution >= 4 is 11.8 Å². The van der Waals surface area contributed by atoms with E-state index in [-0.39, 0.29) is 0 Å². The summed E-state index contributed by atoms with van der Waals surface area (Å²) in [6.45, 7) is 7.64. The lowest BCUT2D eigenvalue weighted by Crippen LogP contribution is -2.39. The third-order valence-electron chi connectivity index (χ3n) is 3.70. The highest BCUT2D eigenvalue weighted by Gasteiger charge is 2.22. The van der Waals surface area contributed by atoms with Crippen LogP contribution < -0.4 is 10.6 Å². The van der Waals surface area contributed by atoms with Crippen LogP contribution >= 0.6 is 0 Å². The van der Waals surface area contributed by atoms with Crippen molar-refractivity contribution in [3.63, 3.8) is 0 Å². The van der Waals surface area contributed by atoms with Crippen LogP contribution in [0.3, 0.4) is 0 Å². The quantitative estimate of drug-likeness (QED) is 0.812. The maximum atomic E-state index is 5.34. The standard InChI is InChI=1S/C14H23N5O/c1-11-10-16-14(18-13(11)17-12-2-3-12)15-4-5-19-6-8-20-9-7-19/h10,12H,2-9H2,1H3,(H2,15,16,17,18). The van der Waals surface area contributed by atoms with Crippen LogP contribution in [0.2, 0.25) is 0 Å². The number of aromatic nitrogens is 2. The van der Waals surface area contributed by atoms with E-state index in [4.69, 9.17) is 4.74 Å². The molecule has 1 aliphatic heterocycles. The summed E-state index contributed by atoms with van der Waals surface area (Å²) in [5.41, 5.74) is 1.11. The predicted octanol–water partition coefficient (Wildman–Crippen LogP) is 1.10. The molecule has 3 rings (SSSR count). The summed E-state index contributed by atoms with van der Waals surface area (Å²) < 4.78 is 5.34. The monoisotopic (exact) mass is 277 g/mol. The van der Waals surface area contributed by atoms with Gasteiger partial charge in [0.05, 0.1) is 13.2 Å². The van der Waals surface area contributed by atoms with Crippen molar-refractivity contribution in [1.82, 2.24) is 14.9 Å². The van der Waals surface area contributed by atoms with Crippen LogP contribution in [0.25, 0.3) is 0 Å². The summed E-state index contributed by atoms with van der Waals surface area (Å²) in [6.07, 6.45) is 4.39. The molecule has 1 aliphatic carbocycles. The maximum Gasteiger partial charge on any atom is 0.224 e. The number of hydrogen-bond acceptors (Lipinski definition) is 6. The van der Waals surface area contributed by atoms with Gasteiger partial charge in [-0.3, -0.25) is 4.90 Å². The van der Waals surface area contributed by atoms with Gasteiger partial charge in [0.1, 0.15) is 5.82 Å². The van der Waals surface area contributed by atoms with Gasteiger partial charge < -0.3 is 15.4 Å². The molecule has 1 aromatic heterocycles. The summed E-state index contributed by atoms with van der Waals surface area (Å²) in [4.78, 5) is 11.3. The van der Waals surface area contributed by atoms with E-state index in [2.05, 4.69) is 25.5 Å². The molecule has 2 fully saturated rings. The van der Waals surface area contributed by atoms with Crippen molar-refractivity contribution in [3.05, 3.63) is 11.8 Å². The van der Waals surface area contributed by atoms with Crippen LogP contribution in [0.15, 0.2) is 6.20 Å². The van der Waals surface area contributed by atoms with E-state index in [1.165, 1.54) is 12.8 Å². The first-order valence-corrected chi connectivity index (χ1v) is 7.45. The number of aryl methyl sites for hydroxylation is 1.